The summed E-state index contributed by atoms with van der Waals surface area (Å²) >= 11 is 0. The number of fused-ring (bicyclic) bond motifs is 1. The molecule has 0 heterocycles. The van der Waals surface area contributed by atoms with E-state index in [1.807, 2.05) is 0 Å². The minimum Gasteiger partial charge on any atom is -0.481 e. The van der Waals surface area contributed by atoms with Crippen molar-refractivity contribution in [3.63, 3.8) is 0 Å². The Hall–Kier alpha value is -1.26. The zero-order valence-electron chi connectivity index (χ0n) is 11.8. The van der Waals surface area contributed by atoms with Gasteiger partial charge in [-0.3, -0.25) is 4.79 Å². The van der Waals surface area contributed by atoms with Gasteiger partial charge in [0, 0.05) is 6.04 Å². The fraction of sp³-hybridized carbons (Fsp3) is 0.857. The highest BCUT2D eigenvalue weighted by Gasteiger charge is 2.55. The first-order valence-electron chi connectivity index (χ1n) is 7.02. The third-order valence-electron chi connectivity index (χ3n) is 4.15. The van der Waals surface area contributed by atoms with Crippen LogP contribution in [0.3, 0.4) is 0 Å². The van der Waals surface area contributed by atoms with Gasteiger partial charge in [-0.2, -0.15) is 0 Å². The maximum atomic E-state index is 11.8. The molecule has 0 aromatic rings. The molecule has 0 bridgehead atoms. The van der Waals surface area contributed by atoms with Crippen molar-refractivity contribution in [1.29, 1.82) is 0 Å². The first-order chi connectivity index (χ1) is 8.79. The van der Waals surface area contributed by atoms with Crippen molar-refractivity contribution >= 4 is 12.1 Å². The average molecular weight is 269 g/mol. The number of carboxylic acids is 1. The van der Waals surface area contributed by atoms with Crippen molar-refractivity contribution in [2.24, 2.45) is 17.8 Å². The molecule has 2 saturated carbocycles. The van der Waals surface area contributed by atoms with Crippen LogP contribution < -0.4 is 5.32 Å². The predicted molar refractivity (Wildman–Crippen MR) is 69.7 cm³/mol. The van der Waals surface area contributed by atoms with E-state index in [-0.39, 0.29) is 12.0 Å². The molecule has 2 aliphatic rings. The Labute approximate surface area is 113 Å². The van der Waals surface area contributed by atoms with Gasteiger partial charge in [0.15, 0.2) is 0 Å². The molecule has 2 aliphatic carbocycles. The summed E-state index contributed by atoms with van der Waals surface area (Å²) in [4.78, 5) is 23.1. The molecular weight excluding hydrogens is 246 g/mol. The van der Waals surface area contributed by atoms with E-state index in [1.165, 1.54) is 0 Å². The van der Waals surface area contributed by atoms with Gasteiger partial charge in [-0.1, -0.05) is 12.8 Å². The van der Waals surface area contributed by atoms with Crippen LogP contribution in [0.25, 0.3) is 0 Å². The van der Waals surface area contributed by atoms with Gasteiger partial charge in [0.1, 0.15) is 5.60 Å². The lowest BCUT2D eigenvalue weighted by atomic mass is 9.55. The summed E-state index contributed by atoms with van der Waals surface area (Å²) in [5.74, 6) is -0.712. The number of nitrogens with one attached hydrogen (secondary N) is 1. The number of hydrogen-bond acceptors (Lipinski definition) is 3. The monoisotopic (exact) mass is 269 g/mol. The smallest absolute Gasteiger partial charge is 0.407 e. The lowest BCUT2D eigenvalue weighted by molar-refractivity contribution is -0.156. The molecule has 0 spiro atoms. The maximum Gasteiger partial charge on any atom is 0.407 e. The zero-order valence-corrected chi connectivity index (χ0v) is 11.8. The third kappa shape index (κ3) is 3.01. The van der Waals surface area contributed by atoms with Crippen LogP contribution in [0.5, 0.6) is 0 Å². The number of hydrogen-bond donors (Lipinski definition) is 2. The molecule has 0 unspecified atom stereocenters. The SMILES string of the molecule is CC(C)(C)OC(=O)N[C@H]1[C@@H]2CCCC[C@@H]2[C@@H]1C(=O)O. The minimum atomic E-state index is -0.802. The summed E-state index contributed by atoms with van der Waals surface area (Å²) in [6, 6.07) is -0.266. The van der Waals surface area contributed by atoms with E-state index in [1.54, 1.807) is 20.8 Å². The maximum absolute atomic E-state index is 11.8. The molecule has 4 atom stereocenters. The van der Waals surface area contributed by atoms with Gasteiger partial charge in [-0.05, 0) is 45.4 Å². The van der Waals surface area contributed by atoms with Crippen molar-refractivity contribution in [3.05, 3.63) is 0 Å². The van der Waals surface area contributed by atoms with Crippen LogP contribution in [0.15, 0.2) is 0 Å². The van der Waals surface area contributed by atoms with Crippen LogP contribution in [0.2, 0.25) is 0 Å². The standard InChI is InChI=1S/C14H23NO4/c1-14(2,3)19-13(18)15-11-9-7-5-4-6-8(9)10(11)12(16)17/h8-11H,4-7H2,1-3H3,(H,15,18)(H,16,17)/t8-,9+,10-,11-/m0/s1. The fourth-order valence-electron chi connectivity index (χ4n) is 3.44. The van der Waals surface area contributed by atoms with Crippen LogP contribution >= 0.6 is 0 Å². The summed E-state index contributed by atoms with van der Waals surface area (Å²) in [5.41, 5.74) is -0.557. The summed E-state index contributed by atoms with van der Waals surface area (Å²) in [6.07, 6.45) is 3.69. The van der Waals surface area contributed by atoms with Gasteiger partial charge < -0.3 is 15.2 Å². The number of ether oxygens (including phenoxy) is 1. The summed E-state index contributed by atoms with van der Waals surface area (Å²) < 4.78 is 5.21. The Morgan fingerprint density at radius 3 is 2.26 bits per heavy atom. The van der Waals surface area contributed by atoms with Gasteiger partial charge in [0.2, 0.25) is 0 Å². The molecule has 0 aliphatic heterocycles. The molecule has 5 heteroatoms. The van der Waals surface area contributed by atoms with Gasteiger partial charge in [0.25, 0.3) is 0 Å². The van der Waals surface area contributed by atoms with Crippen LogP contribution in [-0.4, -0.2) is 28.8 Å². The van der Waals surface area contributed by atoms with Crippen LogP contribution in [0.4, 0.5) is 4.79 Å². The van der Waals surface area contributed by atoms with Crippen molar-refractivity contribution < 1.29 is 19.4 Å². The van der Waals surface area contributed by atoms with E-state index in [9.17, 15) is 14.7 Å². The summed E-state index contributed by atoms with van der Waals surface area (Å²) in [5, 5.41) is 12.1. The predicted octanol–water partition coefficient (Wildman–Crippen LogP) is 2.40. The average Bonchev–Trinajstić information content (AvgIpc) is 2.23. The highest BCUT2D eigenvalue weighted by Crippen LogP contribution is 2.49. The molecule has 5 nitrogen and oxygen atoms in total. The van der Waals surface area contributed by atoms with Gasteiger partial charge in [0.05, 0.1) is 5.92 Å². The Morgan fingerprint density at radius 2 is 1.74 bits per heavy atom. The molecule has 2 N–H and O–H groups in total. The Morgan fingerprint density at radius 1 is 1.16 bits per heavy atom. The lowest BCUT2D eigenvalue weighted by Gasteiger charge is -2.52. The molecule has 19 heavy (non-hydrogen) atoms. The number of alkyl carbamates (subject to hydrolysis) is 1. The van der Waals surface area contributed by atoms with Gasteiger partial charge in [-0.25, -0.2) is 4.79 Å². The zero-order chi connectivity index (χ0) is 14.2. The normalized spacial score (nSPS) is 33.8. The second-order valence-electron chi connectivity index (χ2n) is 6.65. The number of aliphatic carboxylic acids is 1. The van der Waals surface area contributed by atoms with Crippen molar-refractivity contribution in [2.75, 3.05) is 0 Å². The highest BCUT2D eigenvalue weighted by molar-refractivity contribution is 5.75. The third-order valence-corrected chi connectivity index (χ3v) is 4.15. The van der Waals surface area contributed by atoms with Crippen LogP contribution in [-0.2, 0) is 9.53 Å². The van der Waals surface area contributed by atoms with E-state index in [4.69, 9.17) is 4.74 Å². The topological polar surface area (TPSA) is 75.6 Å². The van der Waals surface area contributed by atoms with Gasteiger partial charge >= 0.3 is 12.1 Å². The second-order valence-corrected chi connectivity index (χ2v) is 6.65. The van der Waals surface area contributed by atoms with Gasteiger partial charge in [-0.15, -0.1) is 0 Å². The highest BCUT2D eigenvalue weighted by atomic mass is 16.6. The number of carbonyl (C=O) groups is 2. The molecule has 1 amide bonds. The molecule has 108 valence electrons. The first kappa shape index (κ1) is 14.2. The summed E-state index contributed by atoms with van der Waals surface area (Å²) in [6.45, 7) is 5.39. The van der Waals surface area contributed by atoms with Crippen LogP contribution in [0, 0.1) is 17.8 Å². The van der Waals surface area contributed by atoms with E-state index >= 15 is 0 Å². The van der Waals surface area contributed by atoms with Crippen molar-refractivity contribution in [3.8, 4) is 0 Å². The summed E-state index contributed by atoms with van der Waals surface area (Å²) in [7, 11) is 0. The second kappa shape index (κ2) is 5.02. The number of carbonyl (C=O) groups excluding carboxylic acids is 1. The van der Waals surface area contributed by atoms with E-state index in [0.29, 0.717) is 5.92 Å². The lowest BCUT2D eigenvalue weighted by Crippen LogP contribution is -2.63. The van der Waals surface area contributed by atoms with E-state index in [2.05, 4.69) is 5.32 Å². The largest absolute Gasteiger partial charge is 0.481 e. The molecular formula is C14H23NO4. The number of amides is 1. The first-order valence-corrected chi connectivity index (χ1v) is 7.02. The molecule has 0 radical (unpaired) electrons. The minimum absolute atomic E-state index is 0.228. The quantitative estimate of drug-likeness (QED) is 0.807. The van der Waals surface area contributed by atoms with Crippen molar-refractivity contribution in [1.82, 2.24) is 5.32 Å². The van der Waals surface area contributed by atoms with Crippen LogP contribution in [0.1, 0.15) is 46.5 Å². The molecule has 2 fully saturated rings. The number of carboxylic acid groups (broad SMARTS) is 1. The Kier molecular flexibility index (Phi) is 3.74. The fourth-order valence-corrected chi connectivity index (χ4v) is 3.44. The Balaban J connectivity index is 1.98. The molecule has 0 aromatic heterocycles. The van der Waals surface area contributed by atoms with Crippen molar-refractivity contribution in [2.45, 2.75) is 58.1 Å². The Bertz CT molecular complexity index is 374. The molecule has 2 rings (SSSR count). The molecule has 0 saturated heterocycles. The van der Waals surface area contributed by atoms with E-state index < -0.39 is 23.6 Å². The number of rotatable bonds is 2. The molecule has 0 aromatic carbocycles. The van der Waals surface area contributed by atoms with E-state index in [0.717, 1.165) is 25.7 Å².